The monoisotopic (exact) mass is 311 g/mol. The Morgan fingerprint density at radius 1 is 1.04 bits per heavy atom. The summed E-state index contributed by atoms with van der Waals surface area (Å²) in [5.41, 5.74) is 3.09. The Morgan fingerprint density at radius 3 is 2.39 bits per heavy atom. The Labute approximate surface area is 138 Å². The van der Waals surface area contributed by atoms with Crippen LogP contribution in [0, 0.1) is 0 Å². The van der Waals surface area contributed by atoms with Crippen LogP contribution < -0.4 is 10.1 Å². The van der Waals surface area contributed by atoms with Crippen LogP contribution in [-0.4, -0.2) is 12.0 Å². The van der Waals surface area contributed by atoms with Gasteiger partial charge < -0.3 is 10.1 Å². The average Bonchev–Trinajstić information content (AvgIpc) is 2.55. The topological polar surface area (TPSA) is 38.3 Å². The highest BCUT2D eigenvalue weighted by atomic mass is 16.5. The maximum Gasteiger partial charge on any atom is 0.265 e. The number of ether oxygens (including phenoxy) is 1. The molecular formula is C20H25NO2. The second-order valence-electron chi connectivity index (χ2n) is 5.95. The number of para-hydroxylation sites is 2. The third-order valence-corrected chi connectivity index (χ3v) is 3.87. The van der Waals surface area contributed by atoms with Gasteiger partial charge in [0.2, 0.25) is 0 Å². The molecule has 0 radical (unpaired) electrons. The zero-order valence-electron chi connectivity index (χ0n) is 14.3. The lowest BCUT2D eigenvalue weighted by atomic mass is 10.0. The number of hydrogen-bond acceptors (Lipinski definition) is 2. The number of anilines is 1. The number of benzene rings is 2. The summed E-state index contributed by atoms with van der Waals surface area (Å²) in [6.07, 6.45) is 0.321. The normalized spacial score (nSPS) is 12.0. The van der Waals surface area contributed by atoms with Crippen molar-refractivity contribution in [1.82, 2.24) is 0 Å². The molecule has 2 aromatic carbocycles. The number of rotatable bonds is 6. The summed E-state index contributed by atoms with van der Waals surface area (Å²) in [5, 5.41) is 2.97. The third-order valence-electron chi connectivity index (χ3n) is 3.87. The molecule has 0 unspecified atom stereocenters. The SMILES string of the molecule is CCc1ccccc1NC(=O)[C@H](C)Oc1ccccc1C(C)C. The summed E-state index contributed by atoms with van der Waals surface area (Å²) < 4.78 is 5.90. The van der Waals surface area contributed by atoms with Crippen LogP contribution in [0.25, 0.3) is 0 Å². The van der Waals surface area contributed by atoms with Gasteiger partial charge in [-0.25, -0.2) is 0 Å². The van der Waals surface area contributed by atoms with Crippen LogP contribution in [0.15, 0.2) is 48.5 Å². The second-order valence-corrected chi connectivity index (χ2v) is 5.95. The Kier molecular flexibility index (Phi) is 5.80. The van der Waals surface area contributed by atoms with Crippen LogP contribution >= 0.6 is 0 Å². The average molecular weight is 311 g/mol. The minimum absolute atomic E-state index is 0.135. The van der Waals surface area contributed by atoms with E-state index in [4.69, 9.17) is 4.74 Å². The van der Waals surface area contributed by atoms with E-state index in [1.165, 1.54) is 0 Å². The number of amides is 1. The molecule has 1 atom stereocenters. The molecule has 0 fully saturated rings. The fourth-order valence-corrected chi connectivity index (χ4v) is 2.49. The predicted molar refractivity (Wildman–Crippen MR) is 95.1 cm³/mol. The molecule has 1 amide bonds. The lowest BCUT2D eigenvalue weighted by Crippen LogP contribution is -2.30. The smallest absolute Gasteiger partial charge is 0.265 e. The van der Waals surface area contributed by atoms with Gasteiger partial charge in [0.25, 0.3) is 5.91 Å². The van der Waals surface area contributed by atoms with Gasteiger partial charge in [-0.15, -0.1) is 0 Å². The molecule has 0 aliphatic rings. The summed E-state index contributed by atoms with van der Waals surface area (Å²) in [6, 6.07) is 15.7. The maximum atomic E-state index is 12.4. The Morgan fingerprint density at radius 2 is 1.70 bits per heavy atom. The first kappa shape index (κ1) is 17.1. The first-order chi connectivity index (χ1) is 11.0. The number of aryl methyl sites for hydroxylation is 1. The molecule has 3 heteroatoms. The molecule has 0 spiro atoms. The number of carbonyl (C=O) groups excluding carboxylic acids is 1. The molecule has 0 saturated carbocycles. The quantitative estimate of drug-likeness (QED) is 0.834. The van der Waals surface area contributed by atoms with Crippen LogP contribution in [0.4, 0.5) is 5.69 Å². The summed E-state index contributed by atoms with van der Waals surface area (Å²) in [6.45, 7) is 8.08. The van der Waals surface area contributed by atoms with E-state index in [-0.39, 0.29) is 5.91 Å². The molecule has 1 N–H and O–H groups in total. The van der Waals surface area contributed by atoms with Gasteiger partial charge in [-0.1, -0.05) is 57.2 Å². The van der Waals surface area contributed by atoms with Gasteiger partial charge in [0.15, 0.2) is 6.10 Å². The molecule has 2 aromatic rings. The minimum atomic E-state index is -0.556. The number of nitrogens with one attached hydrogen (secondary N) is 1. The van der Waals surface area contributed by atoms with Crippen molar-refractivity contribution in [1.29, 1.82) is 0 Å². The minimum Gasteiger partial charge on any atom is -0.481 e. The molecule has 0 saturated heterocycles. The van der Waals surface area contributed by atoms with Crippen LogP contribution in [0.1, 0.15) is 44.7 Å². The summed E-state index contributed by atoms with van der Waals surface area (Å²) in [4.78, 5) is 12.4. The van der Waals surface area contributed by atoms with Gasteiger partial charge in [0, 0.05) is 5.69 Å². The van der Waals surface area contributed by atoms with E-state index in [0.717, 1.165) is 29.0 Å². The largest absolute Gasteiger partial charge is 0.481 e. The molecule has 0 bridgehead atoms. The van der Waals surface area contributed by atoms with Gasteiger partial charge in [0.1, 0.15) is 5.75 Å². The van der Waals surface area contributed by atoms with Gasteiger partial charge in [-0.05, 0) is 42.5 Å². The van der Waals surface area contributed by atoms with E-state index in [2.05, 4.69) is 26.1 Å². The maximum absolute atomic E-state index is 12.4. The Balaban J connectivity index is 2.09. The van der Waals surface area contributed by atoms with Crippen LogP contribution in [0.2, 0.25) is 0 Å². The van der Waals surface area contributed by atoms with Crippen molar-refractivity contribution in [2.24, 2.45) is 0 Å². The van der Waals surface area contributed by atoms with Crippen LogP contribution in [0.5, 0.6) is 5.75 Å². The van der Waals surface area contributed by atoms with Crippen molar-refractivity contribution in [3.8, 4) is 5.75 Å². The molecule has 0 heterocycles. The fourth-order valence-electron chi connectivity index (χ4n) is 2.49. The van der Waals surface area contributed by atoms with Crippen molar-refractivity contribution in [2.75, 3.05) is 5.32 Å². The van der Waals surface area contributed by atoms with Crippen molar-refractivity contribution in [2.45, 2.75) is 46.1 Å². The summed E-state index contributed by atoms with van der Waals surface area (Å²) >= 11 is 0. The van der Waals surface area contributed by atoms with E-state index >= 15 is 0 Å². The number of carbonyl (C=O) groups is 1. The molecule has 0 aliphatic heterocycles. The van der Waals surface area contributed by atoms with Crippen molar-refractivity contribution >= 4 is 11.6 Å². The van der Waals surface area contributed by atoms with E-state index in [1.54, 1.807) is 6.92 Å². The lowest BCUT2D eigenvalue weighted by Gasteiger charge is -2.19. The van der Waals surface area contributed by atoms with Gasteiger partial charge in [-0.3, -0.25) is 4.79 Å². The van der Waals surface area contributed by atoms with Gasteiger partial charge >= 0.3 is 0 Å². The van der Waals surface area contributed by atoms with Crippen molar-refractivity contribution < 1.29 is 9.53 Å². The van der Waals surface area contributed by atoms with Gasteiger partial charge in [-0.2, -0.15) is 0 Å². The first-order valence-corrected chi connectivity index (χ1v) is 8.17. The molecule has 23 heavy (non-hydrogen) atoms. The zero-order valence-corrected chi connectivity index (χ0v) is 14.3. The number of hydrogen-bond donors (Lipinski definition) is 1. The second kappa shape index (κ2) is 7.82. The van der Waals surface area contributed by atoms with Crippen LogP contribution in [-0.2, 0) is 11.2 Å². The lowest BCUT2D eigenvalue weighted by molar-refractivity contribution is -0.122. The van der Waals surface area contributed by atoms with E-state index in [1.807, 2.05) is 48.5 Å². The standard InChI is InChI=1S/C20H25NO2/c1-5-16-10-6-8-12-18(16)21-20(22)15(4)23-19-13-9-7-11-17(19)14(2)3/h6-15H,5H2,1-4H3,(H,21,22)/t15-/m0/s1. The highest BCUT2D eigenvalue weighted by Crippen LogP contribution is 2.27. The molecular weight excluding hydrogens is 286 g/mol. The van der Waals surface area contributed by atoms with E-state index < -0.39 is 6.10 Å². The summed E-state index contributed by atoms with van der Waals surface area (Å²) in [7, 11) is 0. The molecule has 122 valence electrons. The summed E-state index contributed by atoms with van der Waals surface area (Å²) in [5.74, 6) is 0.987. The van der Waals surface area contributed by atoms with E-state index in [0.29, 0.717) is 5.92 Å². The highest BCUT2D eigenvalue weighted by Gasteiger charge is 2.18. The first-order valence-electron chi connectivity index (χ1n) is 8.17. The molecule has 3 nitrogen and oxygen atoms in total. The highest BCUT2D eigenvalue weighted by molar-refractivity contribution is 5.94. The van der Waals surface area contributed by atoms with Crippen molar-refractivity contribution in [3.05, 3.63) is 59.7 Å². The fraction of sp³-hybridized carbons (Fsp3) is 0.350. The van der Waals surface area contributed by atoms with Crippen molar-refractivity contribution in [3.63, 3.8) is 0 Å². The molecule has 0 aromatic heterocycles. The van der Waals surface area contributed by atoms with Gasteiger partial charge in [0.05, 0.1) is 0 Å². The predicted octanol–water partition coefficient (Wildman–Crippen LogP) is 4.78. The van der Waals surface area contributed by atoms with Crippen LogP contribution in [0.3, 0.4) is 0 Å². The van der Waals surface area contributed by atoms with E-state index in [9.17, 15) is 4.79 Å². The third kappa shape index (κ3) is 4.35. The Hall–Kier alpha value is -2.29. The zero-order chi connectivity index (χ0) is 16.8. The molecule has 2 rings (SSSR count). The molecule has 0 aliphatic carbocycles. The Bertz CT molecular complexity index is 664.